The Bertz CT molecular complexity index is 1470. The lowest BCUT2D eigenvalue weighted by atomic mass is 10.1. The molecule has 204 valence electrons. The van der Waals surface area contributed by atoms with Gasteiger partial charge in [0.1, 0.15) is 5.65 Å². The number of ether oxygens (including phenoxy) is 2. The van der Waals surface area contributed by atoms with Gasteiger partial charge in [0, 0.05) is 49.8 Å². The fraction of sp³-hybridized carbons (Fsp3) is 0.385. The van der Waals surface area contributed by atoms with Crippen molar-refractivity contribution in [3.63, 3.8) is 0 Å². The summed E-state index contributed by atoms with van der Waals surface area (Å²) in [7, 11) is 1.44. The van der Waals surface area contributed by atoms with Crippen LogP contribution in [0.4, 0.5) is 24.9 Å². The van der Waals surface area contributed by atoms with Gasteiger partial charge in [-0.1, -0.05) is 0 Å². The molecule has 2 fully saturated rings. The zero-order valence-corrected chi connectivity index (χ0v) is 21.1. The van der Waals surface area contributed by atoms with E-state index in [2.05, 4.69) is 30.2 Å². The number of carbonyl (C=O) groups excluding carboxylic acids is 1. The predicted molar refractivity (Wildman–Crippen MR) is 136 cm³/mol. The molecule has 1 aliphatic carbocycles. The summed E-state index contributed by atoms with van der Waals surface area (Å²) < 4.78 is 51.5. The smallest absolute Gasteiger partial charge is 0.418 e. The minimum absolute atomic E-state index is 0.00293. The molecule has 0 unspecified atom stereocenters. The third-order valence-corrected chi connectivity index (χ3v) is 6.94. The summed E-state index contributed by atoms with van der Waals surface area (Å²) in [5.41, 5.74) is 1.05. The second-order valence-electron chi connectivity index (χ2n) is 9.53. The number of hydrogen-bond acceptors (Lipinski definition) is 8. The number of pyridine rings is 1. The van der Waals surface area contributed by atoms with Crippen LogP contribution in [-0.4, -0.2) is 75.6 Å². The molecule has 3 aromatic heterocycles. The first-order valence-electron chi connectivity index (χ1n) is 12.6. The van der Waals surface area contributed by atoms with Crippen LogP contribution in [0, 0.1) is 0 Å². The minimum Gasteiger partial charge on any atom is -0.493 e. The molecule has 0 spiro atoms. The second-order valence-corrected chi connectivity index (χ2v) is 9.53. The summed E-state index contributed by atoms with van der Waals surface area (Å²) in [6.07, 6.45) is 5.00. The summed E-state index contributed by atoms with van der Waals surface area (Å²) in [6, 6.07) is 1.56. The Hall–Kier alpha value is -4.13. The highest BCUT2D eigenvalue weighted by Crippen LogP contribution is 2.45. The van der Waals surface area contributed by atoms with Crippen molar-refractivity contribution in [3.05, 3.63) is 59.3 Å². The molecule has 1 saturated heterocycles. The van der Waals surface area contributed by atoms with Crippen LogP contribution in [0.2, 0.25) is 0 Å². The van der Waals surface area contributed by atoms with E-state index in [9.17, 15) is 18.0 Å². The van der Waals surface area contributed by atoms with Gasteiger partial charge >= 0.3 is 6.18 Å². The quantitative estimate of drug-likeness (QED) is 0.479. The third-order valence-electron chi connectivity index (χ3n) is 6.94. The summed E-state index contributed by atoms with van der Waals surface area (Å²) in [4.78, 5) is 32.6. The molecular formula is C26H26F3N7O3. The highest BCUT2D eigenvalue weighted by Gasteiger charge is 2.38. The molecule has 0 atom stereocenters. The van der Waals surface area contributed by atoms with Crippen LogP contribution in [0.1, 0.15) is 40.4 Å². The third kappa shape index (κ3) is 5.01. The first-order chi connectivity index (χ1) is 18.8. The lowest BCUT2D eigenvalue weighted by Crippen LogP contribution is -2.37. The van der Waals surface area contributed by atoms with E-state index >= 15 is 0 Å². The molecule has 5 heterocycles. The number of methoxy groups -OCH3 is 1. The van der Waals surface area contributed by atoms with E-state index in [4.69, 9.17) is 9.47 Å². The Morgan fingerprint density at radius 3 is 2.69 bits per heavy atom. The van der Waals surface area contributed by atoms with E-state index < -0.39 is 11.7 Å². The van der Waals surface area contributed by atoms with Crippen molar-refractivity contribution in [2.24, 2.45) is 0 Å². The van der Waals surface area contributed by atoms with Gasteiger partial charge < -0.3 is 29.6 Å². The van der Waals surface area contributed by atoms with E-state index in [0.29, 0.717) is 31.0 Å². The molecule has 39 heavy (non-hydrogen) atoms. The summed E-state index contributed by atoms with van der Waals surface area (Å²) in [5, 5.41) is 2.95. The highest BCUT2D eigenvalue weighted by molar-refractivity contribution is 5.95. The molecule has 1 saturated carbocycles. The largest absolute Gasteiger partial charge is 0.493 e. The van der Waals surface area contributed by atoms with Crippen molar-refractivity contribution in [2.75, 3.05) is 45.3 Å². The number of morpholine rings is 1. The van der Waals surface area contributed by atoms with Gasteiger partial charge in [0.25, 0.3) is 5.91 Å². The standard InChI is InChI=1S/C26H26F3N7O3/c1-38-19-12-16(24(37)36-6-4-17(5-7-36)35-8-10-39-11-9-35)13-30-22(19)33-25-32-21(15-2-3-15)20-18(26(27,28)29)14-31-23(20)34-25/h4-6,12-15H,2-3,7-11H2,1H3,(H2,30,31,32,33,34). The summed E-state index contributed by atoms with van der Waals surface area (Å²) in [5.74, 6) is 0.287. The van der Waals surface area contributed by atoms with Gasteiger partial charge in [-0.15, -0.1) is 0 Å². The molecular weight excluding hydrogens is 515 g/mol. The van der Waals surface area contributed by atoms with Crippen molar-refractivity contribution in [3.8, 4) is 5.75 Å². The maximum atomic E-state index is 13.5. The maximum absolute atomic E-state index is 13.5. The monoisotopic (exact) mass is 541 g/mol. The van der Waals surface area contributed by atoms with Crippen molar-refractivity contribution in [2.45, 2.75) is 24.9 Å². The number of aromatic nitrogens is 4. The number of carbonyl (C=O) groups is 1. The highest BCUT2D eigenvalue weighted by atomic mass is 19.4. The Labute approximate surface area is 221 Å². The van der Waals surface area contributed by atoms with Crippen LogP contribution in [0.3, 0.4) is 0 Å². The average molecular weight is 542 g/mol. The number of hydrogen-bond donors (Lipinski definition) is 2. The van der Waals surface area contributed by atoms with Crippen molar-refractivity contribution in [1.29, 1.82) is 0 Å². The average Bonchev–Trinajstić information content (AvgIpc) is 3.70. The number of halogens is 3. The molecule has 6 rings (SSSR count). The topological polar surface area (TPSA) is 109 Å². The van der Waals surface area contributed by atoms with Crippen LogP contribution >= 0.6 is 0 Å². The maximum Gasteiger partial charge on any atom is 0.418 e. The van der Waals surface area contributed by atoms with E-state index in [1.807, 2.05) is 12.2 Å². The van der Waals surface area contributed by atoms with Gasteiger partial charge in [-0.2, -0.15) is 18.2 Å². The number of amides is 1. The van der Waals surface area contributed by atoms with Gasteiger partial charge in [0.2, 0.25) is 5.95 Å². The summed E-state index contributed by atoms with van der Waals surface area (Å²) in [6.45, 7) is 3.40. The second kappa shape index (κ2) is 9.88. The van der Waals surface area contributed by atoms with Crippen LogP contribution in [-0.2, 0) is 10.9 Å². The van der Waals surface area contributed by atoms with Crippen molar-refractivity contribution >= 4 is 28.7 Å². The van der Waals surface area contributed by atoms with Gasteiger partial charge in [-0.05, 0) is 31.1 Å². The van der Waals surface area contributed by atoms with Crippen LogP contribution in [0.5, 0.6) is 5.75 Å². The molecule has 0 bridgehead atoms. The molecule has 0 radical (unpaired) electrons. The zero-order valence-electron chi connectivity index (χ0n) is 21.1. The van der Waals surface area contributed by atoms with Gasteiger partial charge in [0.05, 0.1) is 42.5 Å². The first-order valence-corrected chi connectivity index (χ1v) is 12.6. The molecule has 3 aliphatic rings. The summed E-state index contributed by atoms with van der Waals surface area (Å²) >= 11 is 0. The Morgan fingerprint density at radius 1 is 1.23 bits per heavy atom. The molecule has 3 aromatic rings. The molecule has 2 N–H and O–H groups in total. The lowest BCUT2D eigenvalue weighted by molar-refractivity contribution is -0.136. The first kappa shape index (κ1) is 25.2. The van der Waals surface area contributed by atoms with Gasteiger partial charge in [-0.25, -0.2) is 9.97 Å². The van der Waals surface area contributed by atoms with Gasteiger partial charge in [0.15, 0.2) is 11.6 Å². The van der Waals surface area contributed by atoms with E-state index in [-0.39, 0.29) is 40.4 Å². The molecule has 10 nitrogen and oxygen atoms in total. The van der Waals surface area contributed by atoms with Crippen LogP contribution < -0.4 is 10.1 Å². The van der Waals surface area contributed by atoms with E-state index in [1.165, 1.54) is 13.3 Å². The number of rotatable bonds is 6. The van der Waals surface area contributed by atoms with Crippen LogP contribution in [0.15, 0.2) is 42.5 Å². The number of nitrogens with zero attached hydrogens (tertiary/aromatic N) is 5. The molecule has 13 heteroatoms. The normalized spacial score (nSPS) is 17.9. The number of fused-ring (bicyclic) bond motifs is 1. The van der Waals surface area contributed by atoms with E-state index in [1.54, 1.807) is 17.2 Å². The number of nitrogens with one attached hydrogen (secondary N) is 2. The van der Waals surface area contributed by atoms with Crippen molar-refractivity contribution in [1.82, 2.24) is 29.7 Å². The fourth-order valence-corrected chi connectivity index (χ4v) is 4.77. The predicted octanol–water partition coefficient (Wildman–Crippen LogP) is 4.19. The Balaban J connectivity index is 1.22. The Kier molecular flexibility index (Phi) is 6.37. The SMILES string of the molecule is COc1cc(C(=O)N2C=CC(N3CCOCC3)=CC2)cnc1Nc1nc(C2CC2)c2c(C(F)(F)F)c[nH]c2n1. The fourth-order valence-electron chi connectivity index (χ4n) is 4.77. The number of anilines is 2. The zero-order chi connectivity index (χ0) is 27.1. The lowest BCUT2D eigenvalue weighted by Gasteiger charge is -2.32. The number of allylic oxidation sites excluding steroid dienone is 1. The number of alkyl halides is 3. The Morgan fingerprint density at radius 2 is 2.03 bits per heavy atom. The molecule has 0 aromatic carbocycles. The van der Waals surface area contributed by atoms with E-state index in [0.717, 1.165) is 37.8 Å². The van der Waals surface area contributed by atoms with Gasteiger partial charge in [-0.3, -0.25) is 4.79 Å². The van der Waals surface area contributed by atoms with Crippen LogP contribution in [0.25, 0.3) is 11.0 Å². The number of aromatic amines is 1. The van der Waals surface area contributed by atoms with Crippen molar-refractivity contribution < 1.29 is 27.4 Å². The molecule has 1 amide bonds. The minimum atomic E-state index is -4.52. The number of H-pyrrole nitrogens is 1. The molecule has 2 aliphatic heterocycles.